The third-order valence-electron chi connectivity index (χ3n) is 3.55. The van der Waals surface area contributed by atoms with E-state index in [-0.39, 0.29) is 5.56 Å². The number of aryl methyl sites for hydroxylation is 1. The van der Waals surface area contributed by atoms with Crippen molar-refractivity contribution in [2.24, 2.45) is 0 Å². The molecule has 0 aliphatic rings. The van der Waals surface area contributed by atoms with E-state index in [0.717, 1.165) is 11.3 Å². The fourth-order valence-corrected chi connectivity index (χ4v) is 2.49. The van der Waals surface area contributed by atoms with Crippen molar-refractivity contribution in [2.45, 2.75) is 6.92 Å². The molecule has 0 unspecified atom stereocenters. The molecule has 0 amide bonds. The number of benzene rings is 1. The van der Waals surface area contributed by atoms with Crippen LogP contribution in [0.2, 0.25) is 0 Å². The van der Waals surface area contributed by atoms with Gasteiger partial charge in [-0.1, -0.05) is 0 Å². The number of aromatic amines is 1. The molecule has 120 valence electrons. The van der Waals surface area contributed by atoms with E-state index in [1.54, 1.807) is 34.3 Å². The second kappa shape index (κ2) is 5.68. The lowest BCUT2D eigenvalue weighted by Crippen LogP contribution is -2.14. The summed E-state index contributed by atoms with van der Waals surface area (Å²) in [6.45, 7) is 1.79. The van der Waals surface area contributed by atoms with Crippen molar-refractivity contribution in [1.29, 1.82) is 0 Å². The molecule has 0 radical (unpaired) electrons. The summed E-state index contributed by atoms with van der Waals surface area (Å²) in [7, 11) is 4.67. The number of H-pyrrole nitrogens is 1. The normalized spacial score (nSPS) is 10.8. The smallest absolute Gasteiger partial charge is 0.272 e. The predicted octanol–water partition coefficient (Wildman–Crippen LogP) is 2.02. The minimum Gasteiger partial charge on any atom is -0.493 e. The molecule has 0 bridgehead atoms. The lowest BCUT2D eigenvalue weighted by molar-refractivity contribution is 0.324. The van der Waals surface area contributed by atoms with Gasteiger partial charge in [-0.3, -0.25) is 9.89 Å². The molecule has 7 nitrogen and oxygen atoms in total. The highest BCUT2D eigenvalue weighted by molar-refractivity contribution is 5.71. The number of fused-ring (bicyclic) bond motifs is 1. The van der Waals surface area contributed by atoms with E-state index >= 15 is 0 Å². The molecule has 0 saturated heterocycles. The fraction of sp³-hybridized carbons (Fsp3) is 0.250. The van der Waals surface area contributed by atoms with Gasteiger partial charge in [0.15, 0.2) is 17.1 Å². The van der Waals surface area contributed by atoms with Gasteiger partial charge < -0.3 is 14.2 Å². The number of nitrogens with zero attached hydrogens (tertiary/aromatic N) is 2. The van der Waals surface area contributed by atoms with Crippen LogP contribution in [0.15, 0.2) is 29.1 Å². The predicted molar refractivity (Wildman–Crippen MR) is 85.6 cm³/mol. The molecule has 0 spiro atoms. The van der Waals surface area contributed by atoms with Crippen molar-refractivity contribution in [3.05, 3.63) is 40.3 Å². The zero-order valence-electron chi connectivity index (χ0n) is 13.3. The van der Waals surface area contributed by atoms with E-state index in [4.69, 9.17) is 14.2 Å². The maximum Gasteiger partial charge on any atom is 0.272 e. The van der Waals surface area contributed by atoms with E-state index in [1.807, 2.05) is 12.1 Å². The highest BCUT2D eigenvalue weighted by Crippen LogP contribution is 2.40. The molecule has 0 aliphatic heterocycles. The summed E-state index contributed by atoms with van der Waals surface area (Å²) in [4.78, 5) is 16.4. The fourth-order valence-electron chi connectivity index (χ4n) is 2.49. The van der Waals surface area contributed by atoms with Gasteiger partial charge >= 0.3 is 0 Å². The van der Waals surface area contributed by atoms with Crippen molar-refractivity contribution < 1.29 is 14.2 Å². The first kappa shape index (κ1) is 15.0. The van der Waals surface area contributed by atoms with Gasteiger partial charge in [-0.25, -0.2) is 9.50 Å². The van der Waals surface area contributed by atoms with E-state index in [0.29, 0.717) is 28.6 Å². The summed E-state index contributed by atoms with van der Waals surface area (Å²) in [5, 5.41) is 3.04. The quantitative estimate of drug-likeness (QED) is 0.797. The van der Waals surface area contributed by atoms with Gasteiger partial charge in [0.2, 0.25) is 5.75 Å². The number of hydrogen-bond donors (Lipinski definition) is 1. The Morgan fingerprint density at radius 1 is 1.00 bits per heavy atom. The van der Waals surface area contributed by atoms with Crippen LogP contribution in [0, 0.1) is 6.92 Å². The lowest BCUT2D eigenvalue weighted by atomic mass is 10.1. The maximum absolute atomic E-state index is 12.0. The van der Waals surface area contributed by atoms with E-state index < -0.39 is 0 Å². The van der Waals surface area contributed by atoms with Crippen LogP contribution >= 0.6 is 0 Å². The number of aromatic nitrogens is 3. The Morgan fingerprint density at radius 3 is 2.22 bits per heavy atom. The van der Waals surface area contributed by atoms with Gasteiger partial charge in [-0.15, -0.1) is 0 Å². The van der Waals surface area contributed by atoms with Crippen LogP contribution in [-0.4, -0.2) is 35.9 Å². The summed E-state index contributed by atoms with van der Waals surface area (Å²) in [5.74, 6) is 1.59. The minimum absolute atomic E-state index is 0.161. The Hall–Kier alpha value is -2.96. The molecule has 3 aromatic rings. The first-order chi connectivity index (χ1) is 11.1. The van der Waals surface area contributed by atoms with E-state index in [1.165, 1.54) is 10.6 Å². The van der Waals surface area contributed by atoms with Crippen molar-refractivity contribution in [1.82, 2.24) is 14.6 Å². The molecule has 0 saturated carbocycles. The molecule has 0 fully saturated rings. The Kier molecular flexibility index (Phi) is 3.69. The summed E-state index contributed by atoms with van der Waals surface area (Å²) >= 11 is 0. The third kappa shape index (κ3) is 2.50. The molecule has 3 rings (SSSR count). The van der Waals surface area contributed by atoms with Crippen LogP contribution in [0.4, 0.5) is 0 Å². The number of nitrogens with one attached hydrogen (secondary N) is 1. The Bertz CT molecular complexity index is 902. The SMILES string of the molecule is COc1cc(-c2cc3nc(C)cc(=O)n3[nH]2)cc(OC)c1OC. The maximum atomic E-state index is 12.0. The summed E-state index contributed by atoms with van der Waals surface area (Å²) in [6, 6.07) is 6.89. The number of methoxy groups -OCH3 is 3. The zero-order valence-corrected chi connectivity index (χ0v) is 13.3. The highest BCUT2D eigenvalue weighted by atomic mass is 16.5. The average molecular weight is 315 g/mol. The summed E-state index contributed by atoms with van der Waals surface area (Å²) < 4.78 is 17.4. The zero-order chi connectivity index (χ0) is 16.6. The molecule has 2 heterocycles. The van der Waals surface area contributed by atoms with Crippen LogP contribution in [0.5, 0.6) is 17.2 Å². The van der Waals surface area contributed by atoms with Gasteiger partial charge in [0.05, 0.1) is 27.0 Å². The molecule has 1 N–H and O–H groups in total. The van der Waals surface area contributed by atoms with Crippen molar-refractivity contribution in [2.75, 3.05) is 21.3 Å². The van der Waals surface area contributed by atoms with Crippen LogP contribution in [0.25, 0.3) is 16.9 Å². The van der Waals surface area contributed by atoms with E-state index in [9.17, 15) is 4.79 Å². The molecule has 23 heavy (non-hydrogen) atoms. The number of ether oxygens (including phenoxy) is 3. The Balaban J connectivity index is 2.22. The van der Waals surface area contributed by atoms with Crippen LogP contribution in [0.1, 0.15) is 5.69 Å². The molecule has 1 aromatic carbocycles. The lowest BCUT2D eigenvalue weighted by Gasteiger charge is -2.13. The molecule has 0 aliphatic carbocycles. The highest BCUT2D eigenvalue weighted by Gasteiger charge is 2.15. The monoisotopic (exact) mass is 315 g/mol. The molecule has 7 heteroatoms. The largest absolute Gasteiger partial charge is 0.493 e. The van der Waals surface area contributed by atoms with Crippen LogP contribution < -0.4 is 19.8 Å². The Morgan fingerprint density at radius 2 is 1.65 bits per heavy atom. The standard InChI is InChI=1S/C16H17N3O4/c1-9-5-15(20)19-14(17-9)8-11(18-19)10-6-12(21-2)16(23-4)13(7-10)22-3/h5-8,18H,1-4H3. The van der Waals surface area contributed by atoms with Gasteiger partial charge in [-0.05, 0) is 19.1 Å². The summed E-state index contributed by atoms with van der Waals surface area (Å²) in [5.41, 5.74) is 2.58. The first-order valence-electron chi connectivity index (χ1n) is 6.97. The Labute approximate surface area is 132 Å². The van der Waals surface area contributed by atoms with Crippen molar-refractivity contribution in [3.8, 4) is 28.5 Å². The first-order valence-corrected chi connectivity index (χ1v) is 6.97. The average Bonchev–Trinajstić information content (AvgIpc) is 2.97. The molecule has 0 atom stereocenters. The number of hydrogen-bond acceptors (Lipinski definition) is 5. The van der Waals surface area contributed by atoms with E-state index in [2.05, 4.69) is 10.1 Å². The van der Waals surface area contributed by atoms with Gasteiger partial charge in [0, 0.05) is 23.4 Å². The number of rotatable bonds is 4. The van der Waals surface area contributed by atoms with Crippen molar-refractivity contribution >= 4 is 5.65 Å². The summed E-state index contributed by atoms with van der Waals surface area (Å²) in [6.07, 6.45) is 0. The van der Waals surface area contributed by atoms with Gasteiger partial charge in [0.25, 0.3) is 5.56 Å². The van der Waals surface area contributed by atoms with Crippen LogP contribution in [0.3, 0.4) is 0 Å². The second-order valence-corrected chi connectivity index (χ2v) is 5.01. The molecule has 2 aromatic heterocycles. The molecular weight excluding hydrogens is 298 g/mol. The van der Waals surface area contributed by atoms with Gasteiger partial charge in [-0.2, -0.15) is 0 Å². The van der Waals surface area contributed by atoms with Crippen molar-refractivity contribution in [3.63, 3.8) is 0 Å². The second-order valence-electron chi connectivity index (χ2n) is 5.01. The van der Waals surface area contributed by atoms with Crippen LogP contribution in [-0.2, 0) is 0 Å². The minimum atomic E-state index is -0.161. The molecular formula is C16H17N3O4. The topological polar surface area (TPSA) is 77.8 Å². The third-order valence-corrected chi connectivity index (χ3v) is 3.55. The van der Waals surface area contributed by atoms with Gasteiger partial charge in [0.1, 0.15) is 0 Å².